The summed E-state index contributed by atoms with van der Waals surface area (Å²) in [4.78, 5) is 25.6. The molecule has 1 aliphatic heterocycles. The summed E-state index contributed by atoms with van der Waals surface area (Å²) in [5, 5.41) is 8.52. The van der Waals surface area contributed by atoms with E-state index in [1.54, 1.807) is 0 Å². The standard InChI is InChI=1S/C11H10Br2N4O2/c12-8-4-1-5(9(8)13)7-6(4)10(18)17(11(7)19)16-2-14-15-3-16/h2-9H,1H2/t4-,5-,6-,7-,8+,9+/m1/s1. The Hall–Kier alpha value is -0.760. The Morgan fingerprint density at radius 1 is 1.00 bits per heavy atom. The maximum Gasteiger partial charge on any atom is 0.252 e. The van der Waals surface area contributed by atoms with Crippen molar-refractivity contribution in [2.24, 2.45) is 23.7 Å². The number of alkyl halides is 2. The van der Waals surface area contributed by atoms with E-state index >= 15 is 0 Å². The molecule has 0 spiro atoms. The second-order valence-electron chi connectivity index (χ2n) is 5.33. The average Bonchev–Trinajstić information content (AvgIpc) is 3.10. The van der Waals surface area contributed by atoms with Crippen LogP contribution in [0.5, 0.6) is 0 Å². The van der Waals surface area contributed by atoms with Crippen molar-refractivity contribution in [1.29, 1.82) is 0 Å². The molecule has 1 aromatic rings. The summed E-state index contributed by atoms with van der Waals surface area (Å²) in [7, 11) is 0. The lowest BCUT2D eigenvalue weighted by molar-refractivity contribution is -0.125. The van der Waals surface area contributed by atoms with Gasteiger partial charge in [-0.05, 0) is 18.3 Å². The van der Waals surface area contributed by atoms with E-state index < -0.39 is 0 Å². The van der Waals surface area contributed by atoms with Crippen LogP contribution in [-0.2, 0) is 9.59 Å². The Labute approximate surface area is 125 Å². The van der Waals surface area contributed by atoms with Crippen molar-refractivity contribution in [2.45, 2.75) is 16.1 Å². The van der Waals surface area contributed by atoms with Gasteiger partial charge in [0.15, 0.2) is 0 Å². The highest BCUT2D eigenvalue weighted by atomic mass is 79.9. The van der Waals surface area contributed by atoms with Gasteiger partial charge >= 0.3 is 0 Å². The Morgan fingerprint density at radius 3 is 1.95 bits per heavy atom. The fraction of sp³-hybridized carbons (Fsp3) is 0.636. The van der Waals surface area contributed by atoms with Gasteiger partial charge in [-0.1, -0.05) is 31.9 Å². The van der Waals surface area contributed by atoms with Crippen LogP contribution in [0.2, 0.25) is 0 Å². The molecule has 0 radical (unpaired) electrons. The predicted molar refractivity (Wildman–Crippen MR) is 72.3 cm³/mol. The highest BCUT2D eigenvalue weighted by Crippen LogP contribution is 2.59. The smallest absolute Gasteiger partial charge is 0.252 e. The number of hydrogen-bond acceptors (Lipinski definition) is 4. The molecule has 2 aliphatic carbocycles. The molecule has 2 saturated carbocycles. The molecule has 2 bridgehead atoms. The van der Waals surface area contributed by atoms with Crippen LogP contribution in [0.1, 0.15) is 6.42 Å². The zero-order valence-electron chi connectivity index (χ0n) is 9.69. The molecule has 3 fully saturated rings. The summed E-state index contributed by atoms with van der Waals surface area (Å²) in [6, 6.07) is 0. The van der Waals surface area contributed by atoms with Gasteiger partial charge in [-0.15, -0.1) is 10.2 Å². The summed E-state index contributed by atoms with van der Waals surface area (Å²) in [6.45, 7) is 0. The van der Waals surface area contributed by atoms with E-state index in [1.807, 2.05) is 0 Å². The minimum Gasteiger partial charge on any atom is -0.272 e. The van der Waals surface area contributed by atoms with Gasteiger partial charge < -0.3 is 0 Å². The SMILES string of the molecule is O=C1[C@@H]2[C@H]3C[C@@H]([C@H](Br)[C@H]3Br)[C@H]2C(=O)N1n1cnnc1. The van der Waals surface area contributed by atoms with Crippen LogP contribution in [0.25, 0.3) is 0 Å². The molecule has 2 amide bonds. The Morgan fingerprint density at radius 2 is 1.47 bits per heavy atom. The number of imide groups is 1. The number of rotatable bonds is 1. The molecular weight excluding hydrogens is 380 g/mol. The fourth-order valence-electron chi connectivity index (χ4n) is 3.86. The van der Waals surface area contributed by atoms with Crippen molar-refractivity contribution in [3.63, 3.8) is 0 Å². The van der Waals surface area contributed by atoms with Crippen LogP contribution in [-0.4, -0.2) is 36.3 Å². The van der Waals surface area contributed by atoms with Crippen LogP contribution in [0.4, 0.5) is 0 Å². The van der Waals surface area contributed by atoms with Crippen LogP contribution < -0.4 is 5.01 Å². The third kappa shape index (κ3) is 1.36. The molecule has 6 nitrogen and oxygen atoms in total. The van der Waals surface area contributed by atoms with Gasteiger partial charge in [0.05, 0.1) is 11.8 Å². The summed E-state index contributed by atoms with van der Waals surface area (Å²) in [5.74, 6) is -0.164. The number of hydrogen-bond donors (Lipinski definition) is 0. The normalized spacial score (nSPS) is 44.2. The maximum absolute atomic E-state index is 12.5. The van der Waals surface area contributed by atoms with Gasteiger partial charge in [0.2, 0.25) is 0 Å². The molecule has 4 rings (SSSR count). The summed E-state index contributed by atoms with van der Waals surface area (Å²) < 4.78 is 1.38. The van der Waals surface area contributed by atoms with Crippen molar-refractivity contribution in [3.8, 4) is 0 Å². The fourth-order valence-corrected chi connectivity index (χ4v) is 5.73. The number of amides is 2. The number of fused-ring (bicyclic) bond motifs is 5. The van der Waals surface area contributed by atoms with E-state index in [4.69, 9.17) is 0 Å². The van der Waals surface area contributed by atoms with Gasteiger partial charge in [-0.3, -0.25) is 9.59 Å². The van der Waals surface area contributed by atoms with Crippen molar-refractivity contribution in [3.05, 3.63) is 12.7 Å². The molecule has 1 aromatic heterocycles. The summed E-state index contributed by atoms with van der Waals surface area (Å²) in [6.07, 6.45) is 3.71. The molecule has 100 valence electrons. The predicted octanol–water partition coefficient (Wildman–Crippen LogP) is 0.692. The second-order valence-corrected chi connectivity index (χ2v) is 7.45. The largest absolute Gasteiger partial charge is 0.272 e. The first-order valence-electron chi connectivity index (χ1n) is 6.12. The van der Waals surface area contributed by atoms with Crippen LogP contribution in [0.15, 0.2) is 12.7 Å². The van der Waals surface area contributed by atoms with Gasteiger partial charge in [0.25, 0.3) is 11.8 Å². The molecule has 0 unspecified atom stereocenters. The molecule has 19 heavy (non-hydrogen) atoms. The van der Waals surface area contributed by atoms with Crippen molar-refractivity contribution < 1.29 is 9.59 Å². The number of aromatic nitrogens is 3. The second kappa shape index (κ2) is 3.88. The molecule has 3 aliphatic rings. The molecule has 8 heteroatoms. The zero-order valence-corrected chi connectivity index (χ0v) is 12.9. The number of halogens is 2. The number of carbonyl (C=O) groups is 2. The van der Waals surface area contributed by atoms with Crippen molar-refractivity contribution in [2.75, 3.05) is 5.01 Å². The van der Waals surface area contributed by atoms with Crippen LogP contribution in [0.3, 0.4) is 0 Å². The number of carbonyl (C=O) groups excluding carboxylic acids is 2. The van der Waals surface area contributed by atoms with E-state index in [9.17, 15) is 9.59 Å². The zero-order chi connectivity index (χ0) is 13.3. The van der Waals surface area contributed by atoms with Crippen LogP contribution in [0, 0.1) is 23.7 Å². The van der Waals surface area contributed by atoms with E-state index in [1.165, 1.54) is 22.3 Å². The van der Waals surface area contributed by atoms with Gasteiger partial charge in [0.1, 0.15) is 12.7 Å². The van der Waals surface area contributed by atoms with Crippen molar-refractivity contribution >= 4 is 43.7 Å². The highest BCUT2D eigenvalue weighted by molar-refractivity contribution is 9.12. The van der Waals surface area contributed by atoms with E-state index in [-0.39, 0.29) is 45.1 Å². The lowest BCUT2D eigenvalue weighted by atomic mass is 9.81. The van der Waals surface area contributed by atoms with Gasteiger partial charge in [0, 0.05) is 9.65 Å². The Kier molecular flexibility index (Phi) is 2.45. The van der Waals surface area contributed by atoms with Crippen LogP contribution >= 0.6 is 31.9 Å². The molecule has 0 N–H and O–H groups in total. The minimum absolute atomic E-state index is 0.119. The average molecular weight is 390 g/mol. The molecular formula is C11H10Br2N4O2. The van der Waals surface area contributed by atoms with Gasteiger partial charge in [-0.2, -0.15) is 5.01 Å². The maximum atomic E-state index is 12.5. The van der Waals surface area contributed by atoms with Crippen molar-refractivity contribution in [1.82, 2.24) is 14.9 Å². The summed E-state index contributed by atoms with van der Waals surface area (Å²) in [5.41, 5.74) is 0. The van der Waals surface area contributed by atoms with E-state index in [0.717, 1.165) is 6.42 Å². The monoisotopic (exact) mass is 388 g/mol. The first-order chi connectivity index (χ1) is 9.11. The first kappa shape index (κ1) is 12.0. The molecule has 0 aromatic carbocycles. The lowest BCUT2D eigenvalue weighted by Crippen LogP contribution is -2.41. The van der Waals surface area contributed by atoms with E-state index in [2.05, 4.69) is 42.1 Å². The first-order valence-corrected chi connectivity index (χ1v) is 7.95. The Bertz CT molecular complexity index is 531. The van der Waals surface area contributed by atoms with Gasteiger partial charge in [-0.25, -0.2) is 4.68 Å². The minimum atomic E-state index is -0.196. The molecule has 1 saturated heterocycles. The topological polar surface area (TPSA) is 68.1 Å². The highest BCUT2D eigenvalue weighted by Gasteiger charge is 2.66. The summed E-state index contributed by atoms with van der Waals surface area (Å²) >= 11 is 7.31. The quantitative estimate of drug-likeness (QED) is 0.523. The Balaban J connectivity index is 1.76. The lowest BCUT2D eigenvalue weighted by Gasteiger charge is -2.28. The number of nitrogens with zero attached hydrogens (tertiary/aromatic N) is 4. The third-order valence-electron chi connectivity index (χ3n) is 4.60. The molecule has 2 heterocycles. The molecule has 6 atom stereocenters. The third-order valence-corrected chi connectivity index (χ3v) is 7.81. The van der Waals surface area contributed by atoms with E-state index in [0.29, 0.717) is 0 Å².